The van der Waals surface area contributed by atoms with Crippen LogP contribution in [0.2, 0.25) is 0 Å². The summed E-state index contributed by atoms with van der Waals surface area (Å²) in [5, 5.41) is 11.3. The maximum atomic E-state index is 14.1. The van der Waals surface area contributed by atoms with E-state index in [1.54, 1.807) is 12.7 Å². The number of imidazole rings is 1. The van der Waals surface area contributed by atoms with Gasteiger partial charge in [-0.3, -0.25) is 9.36 Å². The van der Waals surface area contributed by atoms with Gasteiger partial charge in [0.1, 0.15) is 24.5 Å². The third-order valence-electron chi connectivity index (χ3n) is 8.03. The minimum atomic E-state index is -0.257. The third-order valence-corrected chi connectivity index (χ3v) is 8.03. The van der Waals surface area contributed by atoms with Crippen LogP contribution >= 0.6 is 0 Å². The molecule has 2 heterocycles. The molecule has 0 bridgehead atoms. The van der Waals surface area contributed by atoms with Gasteiger partial charge in [-0.15, -0.1) is 10.2 Å². The van der Waals surface area contributed by atoms with Crippen LogP contribution in [0.15, 0.2) is 61.2 Å². The first kappa shape index (κ1) is 25.5. The van der Waals surface area contributed by atoms with Gasteiger partial charge < -0.3 is 22.3 Å². The lowest BCUT2D eigenvalue weighted by atomic mass is 9.82. The number of aromatic nitrogens is 5. The van der Waals surface area contributed by atoms with E-state index in [9.17, 15) is 4.79 Å². The highest BCUT2D eigenvalue weighted by Crippen LogP contribution is 2.38. The van der Waals surface area contributed by atoms with E-state index in [1.165, 1.54) is 38.5 Å². The SMILES string of the molecule is O=C(NC1CCCCC1)C(C1CCCCC1)n1c(-c2ccc(-n3cnnc3)cc2)nc2ccccc21.[Cl-].[H+]. The summed E-state index contributed by atoms with van der Waals surface area (Å²) < 4.78 is 4.13. The first-order chi connectivity index (χ1) is 17.8. The molecule has 1 atom stereocenters. The molecule has 1 amide bonds. The molecule has 37 heavy (non-hydrogen) atoms. The molecule has 1 N–H and O–H groups in total. The summed E-state index contributed by atoms with van der Waals surface area (Å²) in [5.41, 5.74) is 3.96. The molecule has 194 valence electrons. The summed E-state index contributed by atoms with van der Waals surface area (Å²) in [5.74, 6) is 1.34. The summed E-state index contributed by atoms with van der Waals surface area (Å²) in [6.45, 7) is 0. The Bertz CT molecular complexity index is 1310. The number of hydrogen-bond acceptors (Lipinski definition) is 4. The molecule has 2 aliphatic carbocycles. The molecule has 2 saturated carbocycles. The molecule has 2 aromatic heterocycles. The van der Waals surface area contributed by atoms with E-state index < -0.39 is 0 Å². The predicted octanol–water partition coefficient (Wildman–Crippen LogP) is 2.97. The van der Waals surface area contributed by atoms with Gasteiger partial charge in [0.15, 0.2) is 0 Å². The Kier molecular flexibility index (Phi) is 7.89. The Morgan fingerprint density at radius 2 is 1.51 bits per heavy atom. The van der Waals surface area contributed by atoms with Gasteiger partial charge in [0.05, 0.1) is 11.0 Å². The Morgan fingerprint density at radius 3 is 2.22 bits per heavy atom. The predicted molar refractivity (Wildman–Crippen MR) is 142 cm³/mol. The van der Waals surface area contributed by atoms with Crippen molar-refractivity contribution in [3.05, 3.63) is 61.2 Å². The number of benzene rings is 2. The van der Waals surface area contributed by atoms with Crippen molar-refractivity contribution in [3.63, 3.8) is 0 Å². The number of amides is 1. The number of nitrogens with zero attached hydrogens (tertiary/aromatic N) is 5. The van der Waals surface area contributed by atoms with Gasteiger partial charge in [0, 0.05) is 17.3 Å². The molecule has 0 radical (unpaired) electrons. The van der Waals surface area contributed by atoms with E-state index in [0.29, 0.717) is 12.0 Å². The van der Waals surface area contributed by atoms with E-state index >= 15 is 0 Å². The molecule has 2 fully saturated rings. The number of fused-ring (bicyclic) bond motifs is 1. The van der Waals surface area contributed by atoms with Crippen molar-refractivity contribution in [2.45, 2.75) is 76.3 Å². The number of para-hydroxylation sites is 2. The molecule has 8 heteroatoms. The van der Waals surface area contributed by atoms with Gasteiger partial charge in [-0.25, -0.2) is 4.98 Å². The fourth-order valence-corrected chi connectivity index (χ4v) is 6.17. The van der Waals surface area contributed by atoms with Crippen molar-refractivity contribution >= 4 is 16.9 Å². The van der Waals surface area contributed by atoms with Crippen LogP contribution in [0.5, 0.6) is 0 Å². The molecule has 2 aliphatic rings. The molecule has 0 saturated heterocycles. The van der Waals surface area contributed by atoms with Crippen LogP contribution in [0.3, 0.4) is 0 Å². The smallest absolute Gasteiger partial charge is 1.00 e. The van der Waals surface area contributed by atoms with Crippen molar-refractivity contribution in [2.75, 3.05) is 0 Å². The number of hydrogen-bond donors (Lipinski definition) is 1. The van der Waals surface area contributed by atoms with E-state index in [2.05, 4.69) is 62.5 Å². The van der Waals surface area contributed by atoms with Crippen LogP contribution in [0.1, 0.15) is 71.7 Å². The molecular formula is C29H35ClN6O. The second-order valence-electron chi connectivity index (χ2n) is 10.4. The molecule has 1 unspecified atom stereocenters. The zero-order chi connectivity index (χ0) is 24.3. The highest BCUT2D eigenvalue weighted by Gasteiger charge is 2.35. The minimum Gasteiger partial charge on any atom is -1.00 e. The monoisotopic (exact) mass is 518 g/mol. The van der Waals surface area contributed by atoms with Crippen LogP contribution < -0.4 is 17.7 Å². The molecule has 0 aliphatic heterocycles. The maximum Gasteiger partial charge on any atom is 1.00 e. The largest absolute Gasteiger partial charge is 1.00 e. The lowest BCUT2D eigenvalue weighted by Gasteiger charge is -2.33. The number of carbonyl (C=O) groups excluding carboxylic acids is 1. The van der Waals surface area contributed by atoms with Gasteiger partial charge in [0.25, 0.3) is 0 Å². The lowest BCUT2D eigenvalue weighted by Crippen LogP contribution is -3.00. The quantitative estimate of drug-likeness (QED) is 0.426. The molecular weight excluding hydrogens is 484 g/mol. The van der Waals surface area contributed by atoms with Gasteiger partial charge in [-0.2, -0.15) is 0 Å². The molecule has 0 spiro atoms. The fourth-order valence-electron chi connectivity index (χ4n) is 6.17. The molecule has 7 nitrogen and oxygen atoms in total. The fraction of sp³-hybridized carbons (Fsp3) is 0.448. The summed E-state index contributed by atoms with van der Waals surface area (Å²) in [4.78, 5) is 19.1. The first-order valence-electron chi connectivity index (χ1n) is 13.5. The van der Waals surface area contributed by atoms with Crippen LogP contribution in [0, 0.1) is 5.92 Å². The first-order valence-corrected chi connectivity index (χ1v) is 13.5. The zero-order valence-corrected chi connectivity index (χ0v) is 21.9. The standard InChI is InChI=1S/C29H34N6O.ClH/c36-29(32-23-11-5-2-6-12-23)27(21-9-3-1-4-10-21)35-26-14-8-7-13-25(26)33-28(35)22-15-17-24(18-16-22)34-19-30-31-20-34;/h7-8,13-21,23,27H,1-6,9-12H2,(H,32,36);1H. The van der Waals surface area contributed by atoms with E-state index in [1.807, 2.05) is 10.6 Å². The average molecular weight is 519 g/mol. The zero-order valence-electron chi connectivity index (χ0n) is 22.1. The number of halogens is 1. The van der Waals surface area contributed by atoms with Crippen LogP contribution in [-0.4, -0.2) is 36.3 Å². The molecule has 2 aromatic carbocycles. The number of carbonyl (C=O) groups is 1. The maximum absolute atomic E-state index is 14.1. The number of nitrogens with one attached hydrogen (secondary N) is 1. The number of rotatable bonds is 6. The van der Waals surface area contributed by atoms with Gasteiger partial charge in [-0.1, -0.05) is 50.7 Å². The average Bonchev–Trinajstić information content (AvgIpc) is 3.60. The van der Waals surface area contributed by atoms with Crippen LogP contribution in [0.4, 0.5) is 0 Å². The van der Waals surface area contributed by atoms with E-state index in [0.717, 1.165) is 53.8 Å². The summed E-state index contributed by atoms with van der Waals surface area (Å²) in [6, 6.07) is 16.6. The summed E-state index contributed by atoms with van der Waals surface area (Å²) in [6.07, 6.45) is 15.1. The summed E-state index contributed by atoms with van der Waals surface area (Å²) in [7, 11) is 0. The second-order valence-corrected chi connectivity index (χ2v) is 10.4. The second kappa shape index (κ2) is 11.5. The Hall–Kier alpha value is -3.19. The van der Waals surface area contributed by atoms with Crippen molar-refractivity contribution in [1.29, 1.82) is 0 Å². The van der Waals surface area contributed by atoms with E-state index in [-0.39, 0.29) is 25.8 Å². The Labute approximate surface area is 225 Å². The highest BCUT2D eigenvalue weighted by molar-refractivity contribution is 5.87. The van der Waals surface area contributed by atoms with Gasteiger partial charge >= 0.3 is 1.43 Å². The Morgan fingerprint density at radius 1 is 0.865 bits per heavy atom. The van der Waals surface area contributed by atoms with E-state index in [4.69, 9.17) is 4.98 Å². The topological polar surface area (TPSA) is 77.6 Å². The van der Waals surface area contributed by atoms with Gasteiger partial charge in [-0.05, 0) is 68.0 Å². The van der Waals surface area contributed by atoms with Crippen molar-refractivity contribution in [2.24, 2.45) is 5.92 Å². The lowest BCUT2D eigenvalue weighted by molar-refractivity contribution is -0.127. The molecule has 6 rings (SSSR count). The molecule has 4 aromatic rings. The van der Waals surface area contributed by atoms with Crippen LogP contribution in [0.25, 0.3) is 28.1 Å². The Balaban J connectivity index is 0.00000168. The van der Waals surface area contributed by atoms with Crippen LogP contribution in [-0.2, 0) is 4.79 Å². The summed E-state index contributed by atoms with van der Waals surface area (Å²) >= 11 is 0. The highest BCUT2D eigenvalue weighted by atomic mass is 35.5. The van der Waals surface area contributed by atoms with Gasteiger partial charge in [0.2, 0.25) is 5.91 Å². The normalized spacial score (nSPS) is 17.8. The van der Waals surface area contributed by atoms with Crippen molar-refractivity contribution in [3.8, 4) is 17.1 Å². The van der Waals surface area contributed by atoms with Crippen molar-refractivity contribution in [1.82, 2.24) is 29.6 Å². The minimum absolute atomic E-state index is 0. The third kappa shape index (κ3) is 5.28. The van der Waals surface area contributed by atoms with Crippen molar-refractivity contribution < 1.29 is 18.6 Å².